The first-order chi connectivity index (χ1) is 10.5. The molecule has 0 radical (unpaired) electrons. The van der Waals surface area contributed by atoms with E-state index in [2.05, 4.69) is 5.32 Å². The molecule has 0 bridgehead atoms. The summed E-state index contributed by atoms with van der Waals surface area (Å²) in [4.78, 5) is 22.6. The summed E-state index contributed by atoms with van der Waals surface area (Å²) in [7, 11) is 0. The highest BCUT2D eigenvalue weighted by Gasteiger charge is 2.21. The predicted octanol–water partition coefficient (Wildman–Crippen LogP) is 0.452. The number of carbonyl (C=O) groups is 2. The van der Waals surface area contributed by atoms with Crippen LogP contribution in [0.4, 0.5) is 4.79 Å². The van der Waals surface area contributed by atoms with Crippen LogP contribution in [0.15, 0.2) is 30.3 Å². The summed E-state index contributed by atoms with van der Waals surface area (Å²) in [5.41, 5.74) is 0.796. The van der Waals surface area contributed by atoms with Gasteiger partial charge in [0.05, 0.1) is 12.7 Å². The van der Waals surface area contributed by atoms with E-state index in [1.807, 2.05) is 6.07 Å². The highest BCUT2D eigenvalue weighted by Crippen LogP contribution is 2.07. The Morgan fingerprint density at radius 3 is 2.50 bits per heavy atom. The standard InChI is InChI=1S/C14H19NO6S/c16-6-11(17)8-22-9-12(13(18)19)15-14(20)21-7-10-4-2-1-3-5-10/h1-5,11-12,16-17H,6-9H2,(H,15,20)(H,18,19)/t11-,12+/m1/s1. The number of nitrogens with one attached hydrogen (secondary N) is 1. The third kappa shape index (κ3) is 7.30. The molecule has 0 aromatic heterocycles. The number of aliphatic hydroxyl groups is 2. The molecule has 0 unspecified atom stereocenters. The number of ether oxygens (including phenoxy) is 1. The van der Waals surface area contributed by atoms with Crippen molar-refractivity contribution in [2.24, 2.45) is 0 Å². The molecule has 0 aliphatic heterocycles. The van der Waals surface area contributed by atoms with Crippen LogP contribution in [0.3, 0.4) is 0 Å². The summed E-state index contributed by atoms with van der Waals surface area (Å²) >= 11 is 1.12. The number of aliphatic hydroxyl groups excluding tert-OH is 2. The molecular weight excluding hydrogens is 310 g/mol. The van der Waals surface area contributed by atoms with Crippen LogP contribution in [0.5, 0.6) is 0 Å². The molecule has 122 valence electrons. The molecule has 1 aromatic carbocycles. The van der Waals surface area contributed by atoms with Crippen LogP contribution in [0.25, 0.3) is 0 Å². The molecule has 22 heavy (non-hydrogen) atoms. The van der Waals surface area contributed by atoms with Crippen LogP contribution < -0.4 is 5.32 Å². The van der Waals surface area contributed by atoms with E-state index >= 15 is 0 Å². The van der Waals surface area contributed by atoms with Gasteiger partial charge in [0.15, 0.2) is 0 Å². The Bertz CT molecular complexity index is 470. The lowest BCUT2D eigenvalue weighted by atomic mass is 10.2. The van der Waals surface area contributed by atoms with Crippen LogP contribution >= 0.6 is 11.8 Å². The molecule has 1 rings (SSSR count). The van der Waals surface area contributed by atoms with E-state index in [1.54, 1.807) is 24.3 Å². The molecule has 0 heterocycles. The van der Waals surface area contributed by atoms with Gasteiger partial charge in [0, 0.05) is 11.5 Å². The quantitative estimate of drug-likeness (QED) is 0.520. The van der Waals surface area contributed by atoms with Crippen molar-refractivity contribution >= 4 is 23.8 Å². The number of hydrogen-bond donors (Lipinski definition) is 4. The zero-order valence-electron chi connectivity index (χ0n) is 11.8. The molecule has 1 aromatic rings. The van der Waals surface area contributed by atoms with Crippen LogP contribution in [0.1, 0.15) is 5.56 Å². The first-order valence-electron chi connectivity index (χ1n) is 6.59. The van der Waals surface area contributed by atoms with Crippen LogP contribution in [-0.2, 0) is 16.1 Å². The van der Waals surface area contributed by atoms with E-state index < -0.39 is 30.8 Å². The Labute approximate surface area is 132 Å². The third-order valence-electron chi connectivity index (χ3n) is 2.61. The number of alkyl carbamates (subject to hydrolysis) is 1. The largest absolute Gasteiger partial charge is 0.480 e. The summed E-state index contributed by atoms with van der Waals surface area (Å²) in [5.74, 6) is -0.948. The number of carbonyl (C=O) groups excluding carboxylic acids is 1. The fourth-order valence-electron chi connectivity index (χ4n) is 1.46. The maximum atomic E-state index is 11.6. The number of hydrogen-bond acceptors (Lipinski definition) is 6. The second kappa shape index (κ2) is 10.0. The zero-order chi connectivity index (χ0) is 16.4. The Kier molecular flexibility index (Phi) is 8.34. The van der Waals surface area contributed by atoms with E-state index in [1.165, 1.54) is 0 Å². The summed E-state index contributed by atoms with van der Waals surface area (Å²) in [6, 6.07) is 7.89. The van der Waals surface area contributed by atoms with Crippen molar-refractivity contribution in [1.82, 2.24) is 5.32 Å². The van der Waals surface area contributed by atoms with E-state index in [4.69, 9.17) is 14.9 Å². The first kappa shape index (κ1) is 18.3. The average Bonchev–Trinajstić information content (AvgIpc) is 2.52. The highest BCUT2D eigenvalue weighted by molar-refractivity contribution is 7.99. The van der Waals surface area contributed by atoms with Gasteiger partial charge in [0.2, 0.25) is 0 Å². The third-order valence-corrected chi connectivity index (χ3v) is 3.80. The van der Waals surface area contributed by atoms with E-state index in [0.29, 0.717) is 0 Å². The summed E-state index contributed by atoms with van der Waals surface area (Å²) in [6.07, 6.45) is -1.73. The van der Waals surface area contributed by atoms with Crippen molar-refractivity contribution in [3.8, 4) is 0 Å². The molecule has 0 fully saturated rings. The molecular formula is C14H19NO6S. The Morgan fingerprint density at radius 2 is 1.91 bits per heavy atom. The lowest BCUT2D eigenvalue weighted by Gasteiger charge is -2.15. The number of amides is 1. The smallest absolute Gasteiger partial charge is 0.408 e. The van der Waals surface area contributed by atoms with Gasteiger partial charge < -0.3 is 25.4 Å². The van der Waals surface area contributed by atoms with Gasteiger partial charge in [0.1, 0.15) is 12.6 Å². The van der Waals surface area contributed by atoms with E-state index in [-0.39, 0.29) is 18.1 Å². The maximum absolute atomic E-state index is 11.6. The highest BCUT2D eigenvalue weighted by atomic mass is 32.2. The summed E-state index contributed by atoms with van der Waals surface area (Å²) < 4.78 is 4.95. The van der Waals surface area contributed by atoms with Gasteiger partial charge in [-0.1, -0.05) is 30.3 Å². The van der Waals surface area contributed by atoms with Gasteiger partial charge in [-0.2, -0.15) is 11.8 Å². The number of aliphatic carboxylic acids is 1. The van der Waals surface area contributed by atoms with Crippen molar-refractivity contribution in [2.75, 3.05) is 18.1 Å². The molecule has 7 nitrogen and oxygen atoms in total. The fraction of sp³-hybridized carbons (Fsp3) is 0.429. The number of carboxylic acids is 1. The Hall–Kier alpha value is -1.77. The van der Waals surface area contributed by atoms with Crippen LogP contribution in [-0.4, -0.2) is 57.6 Å². The topological polar surface area (TPSA) is 116 Å². The monoisotopic (exact) mass is 329 g/mol. The van der Waals surface area contributed by atoms with E-state index in [9.17, 15) is 14.7 Å². The molecule has 0 saturated heterocycles. The zero-order valence-corrected chi connectivity index (χ0v) is 12.7. The van der Waals surface area contributed by atoms with Gasteiger partial charge in [-0.05, 0) is 5.56 Å². The van der Waals surface area contributed by atoms with Crippen molar-refractivity contribution in [3.63, 3.8) is 0 Å². The molecule has 0 aliphatic rings. The van der Waals surface area contributed by atoms with Crippen LogP contribution in [0.2, 0.25) is 0 Å². The number of thioether (sulfide) groups is 1. The van der Waals surface area contributed by atoms with Gasteiger partial charge in [-0.25, -0.2) is 9.59 Å². The Balaban J connectivity index is 2.35. The normalized spacial score (nSPS) is 13.2. The Morgan fingerprint density at radius 1 is 1.23 bits per heavy atom. The molecule has 0 saturated carbocycles. The summed E-state index contributed by atoms with van der Waals surface area (Å²) in [6.45, 7) is -0.341. The second-order valence-electron chi connectivity index (χ2n) is 4.47. The minimum atomic E-state index is -1.19. The molecule has 0 spiro atoms. The fourth-order valence-corrected chi connectivity index (χ4v) is 2.43. The first-order valence-corrected chi connectivity index (χ1v) is 7.75. The summed E-state index contributed by atoms with van der Waals surface area (Å²) in [5, 5.41) is 29.1. The molecule has 2 atom stereocenters. The SMILES string of the molecule is O=C(N[C@@H](CSC[C@H](O)CO)C(=O)O)OCc1ccccc1. The van der Waals surface area contributed by atoms with E-state index in [0.717, 1.165) is 17.3 Å². The molecule has 1 amide bonds. The minimum Gasteiger partial charge on any atom is -0.480 e. The van der Waals surface area contributed by atoms with Crippen molar-refractivity contribution in [1.29, 1.82) is 0 Å². The minimum absolute atomic E-state index is 0.0510. The van der Waals surface area contributed by atoms with Crippen molar-refractivity contribution in [3.05, 3.63) is 35.9 Å². The van der Waals surface area contributed by atoms with Gasteiger partial charge in [-0.15, -0.1) is 0 Å². The molecule has 8 heteroatoms. The number of benzene rings is 1. The predicted molar refractivity (Wildman–Crippen MR) is 81.6 cm³/mol. The number of carboxylic acid groups (broad SMARTS) is 1. The van der Waals surface area contributed by atoms with Gasteiger partial charge >= 0.3 is 12.1 Å². The van der Waals surface area contributed by atoms with Crippen molar-refractivity contribution < 1.29 is 29.6 Å². The lowest BCUT2D eigenvalue weighted by molar-refractivity contribution is -0.138. The van der Waals surface area contributed by atoms with Crippen molar-refractivity contribution in [2.45, 2.75) is 18.8 Å². The molecule has 0 aliphatic carbocycles. The molecule has 4 N–H and O–H groups in total. The number of rotatable bonds is 9. The maximum Gasteiger partial charge on any atom is 0.408 e. The lowest BCUT2D eigenvalue weighted by Crippen LogP contribution is -2.43. The van der Waals surface area contributed by atoms with Gasteiger partial charge in [-0.3, -0.25) is 0 Å². The van der Waals surface area contributed by atoms with Crippen LogP contribution in [0, 0.1) is 0 Å². The second-order valence-corrected chi connectivity index (χ2v) is 5.55. The van der Waals surface area contributed by atoms with Gasteiger partial charge in [0.25, 0.3) is 0 Å². The average molecular weight is 329 g/mol.